The van der Waals surface area contributed by atoms with E-state index in [0.29, 0.717) is 0 Å². The summed E-state index contributed by atoms with van der Waals surface area (Å²) >= 11 is 0. The van der Waals surface area contributed by atoms with Crippen LogP contribution in [0.25, 0.3) is 0 Å². The summed E-state index contributed by atoms with van der Waals surface area (Å²) in [6.07, 6.45) is 0.975. The Balaban J connectivity index is 2.32. The highest BCUT2D eigenvalue weighted by atomic mass is 32.2. The molecular formula is C7H15N3O3S. The zero-order valence-electron chi connectivity index (χ0n) is 8.12. The Morgan fingerprint density at radius 3 is 2.50 bits per heavy atom. The van der Waals surface area contributed by atoms with E-state index in [1.807, 2.05) is 9.62 Å². The van der Waals surface area contributed by atoms with Gasteiger partial charge in [-0.1, -0.05) is 0 Å². The van der Waals surface area contributed by atoms with Gasteiger partial charge in [0.2, 0.25) is 15.9 Å². The minimum atomic E-state index is -3.42. The Morgan fingerprint density at radius 1 is 1.43 bits per heavy atom. The van der Waals surface area contributed by atoms with E-state index in [4.69, 9.17) is 0 Å². The van der Waals surface area contributed by atoms with Crippen LogP contribution in [-0.4, -0.2) is 58.2 Å². The molecule has 0 aromatic heterocycles. The molecule has 2 N–H and O–H groups in total. The van der Waals surface area contributed by atoms with E-state index < -0.39 is 15.9 Å². The van der Waals surface area contributed by atoms with Crippen LogP contribution in [0.5, 0.6) is 0 Å². The molecule has 1 rings (SSSR count). The SMILES string of the molecule is CS(=O)(=O)NC(=O)CN1CCNCC1. The van der Waals surface area contributed by atoms with Crippen molar-refractivity contribution in [2.24, 2.45) is 0 Å². The number of carbonyl (C=O) groups excluding carboxylic acids is 1. The van der Waals surface area contributed by atoms with Gasteiger partial charge in [-0.25, -0.2) is 8.42 Å². The third-order valence-electron chi connectivity index (χ3n) is 1.88. The summed E-state index contributed by atoms with van der Waals surface area (Å²) < 4.78 is 23.4. The molecule has 1 aliphatic rings. The first-order valence-corrected chi connectivity index (χ1v) is 6.30. The number of amides is 1. The number of nitrogens with one attached hydrogen (secondary N) is 2. The van der Waals surface area contributed by atoms with Gasteiger partial charge in [0, 0.05) is 26.2 Å². The van der Waals surface area contributed by atoms with Crippen LogP contribution < -0.4 is 10.0 Å². The molecule has 7 heteroatoms. The molecule has 0 aromatic rings. The smallest absolute Gasteiger partial charge is 0.247 e. The highest BCUT2D eigenvalue weighted by Crippen LogP contribution is 1.91. The van der Waals surface area contributed by atoms with E-state index >= 15 is 0 Å². The molecule has 0 bridgehead atoms. The minimum Gasteiger partial charge on any atom is -0.314 e. The molecule has 0 aromatic carbocycles. The van der Waals surface area contributed by atoms with Gasteiger partial charge in [0.25, 0.3) is 0 Å². The van der Waals surface area contributed by atoms with Crippen LogP contribution in [0.15, 0.2) is 0 Å². The van der Waals surface area contributed by atoms with Crippen LogP contribution >= 0.6 is 0 Å². The topological polar surface area (TPSA) is 78.5 Å². The summed E-state index contributed by atoms with van der Waals surface area (Å²) in [6.45, 7) is 3.38. The largest absolute Gasteiger partial charge is 0.314 e. The Kier molecular flexibility index (Phi) is 3.85. The van der Waals surface area contributed by atoms with Crippen molar-refractivity contribution >= 4 is 15.9 Å². The number of nitrogens with zero attached hydrogens (tertiary/aromatic N) is 1. The Morgan fingerprint density at radius 2 is 2.00 bits per heavy atom. The molecule has 0 unspecified atom stereocenters. The van der Waals surface area contributed by atoms with Gasteiger partial charge in [-0.05, 0) is 0 Å². The van der Waals surface area contributed by atoms with Gasteiger partial charge in [0.05, 0.1) is 12.8 Å². The van der Waals surface area contributed by atoms with Gasteiger partial charge in [0.1, 0.15) is 0 Å². The van der Waals surface area contributed by atoms with Crippen molar-refractivity contribution in [3.8, 4) is 0 Å². The number of sulfonamides is 1. The number of carbonyl (C=O) groups is 1. The fraction of sp³-hybridized carbons (Fsp3) is 0.857. The maximum atomic E-state index is 11.2. The van der Waals surface area contributed by atoms with E-state index in [0.717, 1.165) is 32.4 Å². The first kappa shape index (κ1) is 11.4. The van der Waals surface area contributed by atoms with Crippen LogP contribution in [-0.2, 0) is 14.8 Å². The van der Waals surface area contributed by atoms with Gasteiger partial charge in [-0.15, -0.1) is 0 Å². The zero-order chi connectivity index (χ0) is 10.6. The van der Waals surface area contributed by atoms with E-state index in [1.54, 1.807) is 0 Å². The molecule has 0 saturated carbocycles. The Labute approximate surface area is 83.7 Å². The van der Waals surface area contributed by atoms with Crippen molar-refractivity contribution < 1.29 is 13.2 Å². The van der Waals surface area contributed by atoms with Gasteiger partial charge in [0.15, 0.2) is 0 Å². The van der Waals surface area contributed by atoms with Crippen molar-refractivity contribution in [2.75, 3.05) is 39.0 Å². The second kappa shape index (κ2) is 4.72. The lowest BCUT2D eigenvalue weighted by atomic mass is 10.3. The lowest BCUT2D eigenvalue weighted by molar-refractivity contribution is -0.120. The zero-order valence-corrected chi connectivity index (χ0v) is 8.93. The van der Waals surface area contributed by atoms with E-state index in [2.05, 4.69) is 5.32 Å². The standard InChI is InChI=1S/C7H15N3O3S/c1-14(12,13)9-7(11)6-10-4-2-8-3-5-10/h8H,2-6H2,1H3,(H,9,11). The number of piperazine rings is 1. The summed E-state index contributed by atoms with van der Waals surface area (Å²) in [7, 11) is -3.42. The average molecular weight is 221 g/mol. The lowest BCUT2D eigenvalue weighted by Crippen LogP contribution is -2.48. The Bertz CT molecular complexity index is 295. The third kappa shape index (κ3) is 4.54. The molecule has 0 aliphatic carbocycles. The number of rotatable bonds is 3. The molecule has 0 radical (unpaired) electrons. The minimum absolute atomic E-state index is 0.148. The van der Waals surface area contributed by atoms with Crippen LogP contribution in [0, 0.1) is 0 Å². The summed E-state index contributed by atoms with van der Waals surface area (Å²) in [6, 6.07) is 0. The highest BCUT2D eigenvalue weighted by molar-refractivity contribution is 7.89. The van der Waals surface area contributed by atoms with Crippen LogP contribution in [0.1, 0.15) is 0 Å². The lowest BCUT2D eigenvalue weighted by Gasteiger charge is -2.26. The van der Waals surface area contributed by atoms with Crippen molar-refractivity contribution in [1.82, 2.24) is 14.9 Å². The fourth-order valence-electron chi connectivity index (χ4n) is 1.31. The van der Waals surface area contributed by atoms with E-state index in [1.165, 1.54) is 0 Å². The molecule has 1 fully saturated rings. The van der Waals surface area contributed by atoms with E-state index in [-0.39, 0.29) is 6.54 Å². The summed E-state index contributed by atoms with van der Waals surface area (Å²) in [4.78, 5) is 13.1. The third-order valence-corrected chi connectivity index (χ3v) is 2.47. The average Bonchev–Trinajstić information content (AvgIpc) is 2.02. The summed E-state index contributed by atoms with van der Waals surface area (Å²) in [5.41, 5.74) is 0. The van der Waals surface area contributed by atoms with Gasteiger partial charge in [-0.2, -0.15) is 0 Å². The first-order chi connectivity index (χ1) is 6.47. The molecule has 6 nitrogen and oxygen atoms in total. The summed E-state index contributed by atoms with van der Waals surface area (Å²) in [5.74, 6) is -0.464. The molecule has 1 saturated heterocycles. The molecule has 0 spiro atoms. The van der Waals surface area contributed by atoms with Gasteiger partial charge < -0.3 is 5.32 Å². The molecular weight excluding hydrogens is 206 g/mol. The molecule has 14 heavy (non-hydrogen) atoms. The highest BCUT2D eigenvalue weighted by Gasteiger charge is 2.15. The molecule has 0 atom stereocenters. The fourth-order valence-corrected chi connectivity index (χ4v) is 1.79. The molecule has 1 aliphatic heterocycles. The summed E-state index contributed by atoms with van der Waals surface area (Å²) in [5, 5.41) is 3.14. The Hall–Kier alpha value is -0.660. The maximum Gasteiger partial charge on any atom is 0.247 e. The predicted molar refractivity (Wildman–Crippen MR) is 52.3 cm³/mol. The van der Waals surface area contributed by atoms with Crippen LogP contribution in [0.3, 0.4) is 0 Å². The van der Waals surface area contributed by atoms with Crippen molar-refractivity contribution in [3.05, 3.63) is 0 Å². The quantitative estimate of drug-likeness (QED) is 0.574. The van der Waals surface area contributed by atoms with Gasteiger partial charge >= 0.3 is 0 Å². The van der Waals surface area contributed by atoms with E-state index in [9.17, 15) is 13.2 Å². The van der Waals surface area contributed by atoms with Crippen LogP contribution in [0.4, 0.5) is 0 Å². The van der Waals surface area contributed by atoms with Crippen molar-refractivity contribution in [2.45, 2.75) is 0 Å². The maximum absolute atomic E-state index is 11.2. The normalized spacial score (nSPS) is 19.2. The molecule has 1 amide bonds. The molecule has 82 valence electrons. The first-order valence-electron chi connectivity index (χ1n) is 4.41. The van der Waals surface area contributed by atoms with Crippen LogP contribution in [0.2, 0.25) is 0 Å². The monoisotopic (exact) mass is 221 g/mol. The molecule has 1 heterocycles. The number of hydrogen-bond acceptors (Lipinski definition) is 5. The second-order valence-electron chi connectivity index (χ2n) is 3.32. The van der Waals surface area contributed by atoms with Gasteiger partial charge in [-0.3, -0.25) is 14.4 Å². The van der Waals surface area contributed by atoms with Crippen molar-refractivity contribution in [1.29, 1.82) is 0 Å². The van der Waals surface area contributed by atoms with Crippen molar-refractivity contribution in [3.63, 3.8) is 0 Å². The number of hydrogen-bond donors (Lipinski definition) is 2. The second-order valence-corrected chi connectivity index (χ2v) is 5.07. The predicted octanol–water partition coefficient (Wildman–Crippen LogP) is -2.03.